The van der Waals surface area contributed by atoms with Gasteiger partial charge < -0.3 is 9.84 Å². The molecule has 0 saturated heterocycles. The first-order chi connectivity index (χ1) is 15.3. The van der Waals surface area contributed by atoms with Crippen molar-refractivity contribution >= 4 is 34.7 Å². The fourth-order valence-electron chi connectivity index (χ4n) is 2.95. The molecule has 0 radical (unpaired) electrons. The van der Waals surface area contributed by atoms with E-state index in [1.165, 1.54) is 0 Å². The van der Waals surface area contributed by atoms with Gasteiger partial charge in [0.1, 0.15) is 0 Å². The van der Waals surface area contributed by atoms with E-state index in [2.05, 4.69) is 25.8 Å². The molecule has 164 valence electrons. The third-order valence-electron chi connectivity index (χ3n) is 4.64. The van der Waals surface area contributed by atoms with Gasteiger partial charge in [-0.05, 0) is 43.3 Å². The van der Waals surface area contributed by atoms with Gasteiger partial charge in [-0.3, -0.25) is 4.79 Å². The van der Waals surface area contributed by atoms with Gasteiger partial charge in [0.05, 0.1) is 16.3 Å². The van der Waals surface area contributed by atoms with Crippen molar-refractivity contribution in [2.45, 2.75) is 43.8 Å². The number of nitrogens with one attached hydrogen (secondary N) is 1. The summed E-state index contributed by atoms with van der Waals surface area (Å²) >= 11 is 3.25. The number of amides is 1. The Morgan fingerprint density at radius 1 is 1.09 bits per heavy atom. The van der Waals surface area contributed by atoms with Crippen LogP contribution in [0.3, 0.4) is 0 Å². The molecule has 0 aliphatic carbocycles. The average molecular weight is 465 g/mol. The first-order valence-corrected chi connectivity index (χ1v) is 12.0. The monoisotopic (exact) mass is 464 g/mol. The van der Waals surface area contributed by atoms with E-state index in [-0.39, 0.29) is 11.3 Å². The Balaban J connectivity index is 1.44. The number of hydrogen-bond donors (Lipinski definition) is 1. The number of benzene rings is 2. The van der Waals surface area contributed by atoms with Crippen molar-refractivity contribution in [1.82, 2.24) is 15.1 Å². The molecule has 2 heterocycles. The zero-order valence-electron chi connectivity index (χ0n) is 18.4. The highest BCUT2D eigenvalue weighted by Gasteiger charge is 2.22. The maximum atomic E-state index is 12.9. The van der Waals surface area contributed by atoms with Gasteiger partial charge in [0.25, 0.3) is 5.91 Å². The molecule has 2 aromatic carbocycles. The smallest absolute Gasteiger partial charge is 0.256 e. The molecule has 0 fully saturated rings. The van der Waals surface area contributed by atoms with Crippen molar-refractivity contribution in [3.63, 3.8) is 0 Å². The van der Waals surface area contributed by atoms with Crippen LogP contribution in [0.1, 0.15) is 47.7 Å². The second kappa shape index (κ2) is 9.26. The molecule has 4 aromatic rings. The van der Waals surface area contributed by atoms with Crippen LogP contribution in [0.5, 0.6) is 0 Å². The highest BCUT2D eigenvalue weighted by atomic mass is 32.2. The minimum absolute atomic E-state index is 0.148. The summed E-state index contributed by atoms with van der Waals surface area (Å²) in [5.74, 6) is 1.70. The van der Waals surface area contributed by atoms with Gasteiger partial charge in [0.2, 0.25) is 11.7 Å². The minimum atomic E-state index is -0.205. The van der Waals surface area contributed by atoms with E-state index in [1.807, 2.05) is 76.2 Å². The number of nitrogens with zero attached hydrogens (tertiary/aromatic N) is 3. The summed E-state index contributed by atoms with van der Waals surface area (Å²) in [6.07, 6.45) is 0. The van der Waals surface area contributed by atoms with E-state index in [4.69, 9.17) is 4.52 Å². The van der Waals surface area contributed by atoms with Crippen LogP contribution >= 0.6 is 23.1 Å². The predicted octanol–water partition coefficient (Wildman–Crippen LogP) is 6.34. The molecule has 0 saturated carbocycles. The molecule has 1 N–H and O–H groups in total. The maximum Gasteiger partial charge on any atom is 0.256 e. The lowest BCUT2D eigenvalue weighted by Crippen LogP contribution is -2.13. The van der Waals surface area contributed by atoms with E-state index >= 15 is 0 Å². The molecule has 0 atom stereocenters. The van der Waals surface area contributed by atoms with Crippen LogP contribution in [0.25, 0.3) is 11.4 Å². The summed E-state index contributed by atoms with van der Waals surface area (Å²) in [6.45, 7) is 8.07. The third-order valence-corrected chi connectivity index (χ3v) is 6.57. The minimum Gasteiger partial charge on any atom is -0.338 e. The lowest BCUT2D eigenvalue weighted by molar-refractivity contribution is 0.102. The molecule has 0 bridgehead atoms. The Labute approximate surface area is 195 Å². The number of anilines is 1. The van der Waals surface area contributed by atoms with Crippen molar-refractivity contribution in [2.75, 3.05) is 5.32 Å². The lowest BCUT2D eigenvalue weighted by Gasteiger charge is -2.10. The number of carbonyl (C=O) groups excluding carboxylic acids is 1. The van der Waals surface area contributed by atoms with E-state index in [1.54, 1.807) is 23.1 Å². The first kappa shape index (κ1) is 22.2. The second-order valence-corrected chi connectivity index (χ2v) is 10.4. The Hall–Kier alpha value is -2.97. The maximum absolute atomic E-state index is 12.9. The second-order valence-electron chi connectivity index (χ2n) is 8.35. The van der Waals surface area contributed by atoms with Gasteiger partial charge in [0.15, 0.2) is 0 Å². The summed E-state index contributed by atoms with van der Waals surface area (Å²) in [5, 5.41) is 10.2. The van der Waals surface area contributed by atoms with Crippen molar-refractivity contribution < 1.29 is 9.32 Å². The number of thiazole rings is 1. The van der Waals surface area contributed by atoms with Crippen molar-refractivity contribution in [3.8, 4) is 11.4 Å². The number of rotatable bonds is 6. The van der Waals surface area contributed by atoms with Crippen molar-refractivity contribution in [3.05, 3.63) is 76.1 Å². The van der Waals surface area contributed by atoms with Gasteiger partial charge in [0, 0.05) is 32.7 Å². The Morgan fingerprint density at radius 3 is 2.50 bits per heavy atom. The summed E-state index contributed by atoms with van der Waals surface area (Å²) in [4.78, 5) is 22.8. The van der Waals surface area contributed by atoms with Crippen LogP contribution in [0, 0.1) is 6.92 Å². The highest BCUT2D eigenvalue weighted by molar-refractivity contribution is 7.98. The molecule has 1 amide bonds. The number of aromatic nitrogens is 3. The molecule has 0 aliphatic heterocycles. The summed E-state index contributed by atoms with van der Waals surface area (Å²) in [5.41, 5.74) is 2.99. The third kappa shape index (κ3) is 5.26. The fraction of sp³-hybridized carbons (Fsp3) is 0.250. The Kier molecular flexibility index (Phi) is 6.43. The lowest BCUT2D eigenvalue weighted by atomic mass is 9.97. The number of carbonyl (C=O) groups is 1. The van der Waals surface area contributed by atoms with Gasteiger partial charge in [-0.25, -0.2) is 4.98 Å². The first-order valence-electron chi connectivity index (χ1n) is 10.2. The molecular weight excluding hydrogens is 440 g/mol. The van der Waals surface area contributed by atoms with E-state index in [0.717, 1.165) is 26.9 Å². The van der Waals surface area contributed by atoms with Crippen LogP contribution in [0.4, 0.5) is 5.69 Å². The van der Waals surface area contributed by atoms with Crippen LogP contribution in [0.2, 0.25) is 0 Å². The number of thioether (sulfide) groups is 1. The summed E-state index contributed by atoms with van der Waals surface area (Å²) < 4.78 is 5.37. The van der Waals surface area contributed by atoms with Gasteiger partial charge in [-0.15, -0.1) is 23.1 Å². The molecule has 4 rings (SSSR count). The molecule has 6 nitrogen and oxygen atoms in total. The Morgan fingerprint density at radius 2 is 1.84 bits per heavy atom. The van der Waals surface area contributed by atoms with E-state index < -0.39 is 0 Å². The SMILES string of the molecule is Cc1nc(CSc2ccccc2C(=O)Nc2ccc(-c3noc(C(C)(C)C)n3)cc2)cs1. The quantitative estimate of drug-likeness (QED) is 0.335. The zero-order valence-corrected chi connectivity index (χ0v) is 20.0. The molecule has 0 unspecified atom stereocenters. The molecule has 8 heteroatoms. The van der Waals surface area contributed by atoms with Crippen molar-refractivity contribution in [1.29, 1.82) is 0 Å². The van der Waals surface area contributed by atoms with Crippen LogP contribution in [0.15, 0.2) is 63.3 Å². The molecule has 0 spiro atoms. The number of hydrogen-bond acceptors (Lipinski definition) is 7. The largest absolute Gasteiger partial charge is 0.338 e. The van der Waals surface area contributed by atoms with Gasteiger partial charge >= 0.3 is 0 Å². The summed E-state index contributed by atoms with van der Waals surface area (Å²) in [6, 6.07) is 15.0. The standard InChI is InChI=1S/C24H24N4O2S2/c1-15-25-18(13-31-15)14-32-20-8-6-5-7-19(20)22(29)26-17-11-9-16(10-12-17)21-27-23(30-28-21)24(2,3)4/h5-13H,14H2,1-4H3,(H,26,29). The zero-order chi connectivity index (χ0) is 22.7. The molecule has 2 aromatic heterocycles. The van der Waals surface area contributed by atoms with E-state index in [0.29, 0.717) is 23.0 Å². The van der Waals surface area contributed by atoms with Crippen LogP contribution in [-0.4, -0.2) is 21.0 Å². The molecule has 0 aliphatic rings. The van der Waals surface area contributed by atoms with Gasteiger partial charge in [-0.1, -0.05) is 38.1 Å². The predicted molar refractivity (Wildman–Crippen MR) is 129 cm³/mol. The average Bonchev–Trinajstić information content (AvgIpc) is 3.42. The summed E-state index contributed by atoms with van der Waals surface area (Å²) in [7, 11) is 0. The molecule has 32 heavy (non-hydrogen) atoms. The van der Waals surface area contributed by atoms with Crippen LogP contribution < -0.4 is 5.32 Å². The molecular formula is C24H24N4O2S2. The van der Waals surface area contributed by atoms with Gasteiger partial charge in [-0.2, -0.15) is 4.98 Å². The Bertz CT molecular complexity index is 1220. The topological polar surface area (TPSA) is 80.9 Å². The van der Waals surface area contributed by atoms with Crippen LogP contribution in [-0.2, 0) is 11.2 Å². The van der Waals surface area contributed by atoms with Crippen molar-refractivity contribution in [2.24, 2.45) is 0 Å². The number of aryl methyl sites for hydroxylation is 1. The van der Waals surface area contributed by atoms with E-state index in [9.17, 15) is 4.79 Å². The normalized spacial score (nSPS) is 11.5. The fourth-order valence-corrected chi connectivity index (χ4v) is 4.61. The highest BCUT2D eigenvalue weighted by Crippen LogP contribution is 2.28.